The number of carbonyl (C=O) groups is 3. The molecule has 1 aliphatic heterocycles. The van der Waals surface area contributed by atoms with Crippen LogP contribution < -0.4 is 5.32 Å². The van der Waals surface area contributed by atoms with Crippen LogP contribution in [-0.2, 0) is 16.1 Å². The molecule has 0 radical (unpaired) electrons. The predicted molar refractivity (Wildman–Crippen MR) is 96.8 cm³/mol. The van der Waals surface area contributed by atoms with Crippen molar-refractivity contribution in [2.24, 2.45) is 0 Å². The van der Waals surface area contributed by atoms with Gasteiger partial charge in [-0.25, -0.2) is 4.98 Å². The SMILES string of the molecule is O=C(CN1C(=O)S/C(=C\c2cccs2)C1=O)NCCCn1ccnc1. The van der Waals surface area contributed by atoms with E-state index in [1.165, 1.54) is 11.3 Å². The molecule has 1 aliphatic rings. The van der Waals surface area contributed by atoms with Gasteiger partial charge in [0.25, 0.3) is 11.1 Å². The van der Waals surface area contributed by atoms with Crippen LogP contribution in [0.1, 0.15) is 11.3 Å². The smallest absolute Gasteiger partial charge is 0.294 e. The van der Waals surface area contributed by atoms with Crippen molar-refractivity contribution < 1.29 is 14.4 Å². The lowest BCUT2D eigenvalue weighted by molar-refractivity contribution is -0.129. The summed E-state index contributed by atoms with van der Waals surface area (Å²) >= 11 is 2.35. The van der Waals surface area contributed by atoms with Gasteiger partial charge in [0.15, 0.2) is 0 Å². The van der Waals surface area contributed by atoms with E-state index in [1.54, 1.807) is 18.6 Å². The van der Waals surface area contributed by atoms with Crippen LogP contribution in [0.5, 0.6) is 0 Å². The Hall–Kier alpha value is -2.39. The highest BCUT2D eigenvalue weighted by molar-refractivity contribution is 8.18. The highest BCUT2D eigenvalue weighted by Crippen LogP contribution is 2.32. The number of carbonyl (C=O) groups excluding carboxylic acids is 3. The van der Waals surface area contributed by atoms with E-state index in [1.807, 2.05) is 28.3 Å². The summed E-state index contributed by atoms with van der Waals surface area (Å²) in [5, 5.41) is 4.21. The average Bonchev–Trinajstić information content (AvgIpc) is 3.32. The Kier molecular flexibility index (Phi) is 5.67. The normalized spacial score (nSPS) is 16.0. The number of hydrogen-bond acceptors (Lipinski definition) is 6. The first kappa shape index (κ1) is 17.4. The van der Waals surface area contributed by atoms with E-state index in [-0.39, 0.29) is 12.5 Å². The molecular weight excluding hydrogens is 360 g/mol. The zero-order valence-electron chi connectivity index (χ0n) is 13.3. The van der Waals surface area contributed by atoms with Crippen molar-refractivity contribution >= 4 is 46.2 Å². The zero-order chi connectivity index (χ0) is 17.6. The second-order valence-electron chi connectivity index (χ2n) is 5.29. The van der Waals surface area contributed by atoms with Gasteiger partial charge in [0.1, 0.15) is 6.54 Å². The highest BCUT2D eigenvalue weighted by Gasteiger charge is 2.36. The van der Waals surface area contributed by atoms with E-state index >= 15 is 0 Å². The van der Waals surface area contributed by atoms with Crippen molar-refractivity contribution in [1.82, 2.24) is 19.8 Å². The number of aromatic nitrogens is 2. The summed E-state index contributed by atoms with van der Waals surface area (Å²) in [6.07, 6.45) is 7.67. The Morgan fingerprint density at radius 1 is 1.36 bits per heavy atom. The summed E-state index contributed by atoms with van der Waals surface area (Å²) in [6, 6.07) is 3.74. The van der Waals surface area contributed by atoms with Crippen molar-refractivity contribution in [2.75, 3.05) is 13.1 Å². The molecular formula is C16H16N4O3S2. The molecule has 1 fully saturated rings. The number of thiophene rings is 1. The van der Waals surface area contributed by atoms with E-state index in [4.69, 9.17) is 0 Å². The Bertz CT molecular complexity index is 784. The Balaban J connectivity index is 1.47. The number of amides is 3. The van der Waals surface area contributed by atoms with Gasteiger partial charge in [-0.3, -0.25) is 19.3 Å². The summed E-state index contributed by atoms with van der Waals surface area (Å²) in [6.45, 7) is 0.960. The monoisotopic (exact) mass is 376 g/mol. The topological polar surface area (TPSA) is 84.3 Å². The molecule has 0 bridgehead atoms. The molecule has 0 atom stereocenters. The molecule has 0 aromatic carbocycles. The average molecular weight is 376 g/mol. The maximum absolute atomic E-state index is 12.3. The molecule has 3 rings (SSSR count). The molecule has 3 amide bonds. The van der Waals surface area contributed by atoms with Gasteiger partial charge in [0, 0.05) is 30.4 Å². The Morgan fingerprint density at radius 3 is 2.96 bits per heavy atom. The van der Waals surface area contributed by atoms with Crippen molar-refractivity contribution in [2.45, 2.75) is 13.0 Å². The van der Waals surface area contributed by atoms with Crippen molar-refractivity contribution in [1.29, 1.82) is 0 Å². The third-order valence-electron chi connectivity index (χ3n) is 3.47. The molecule has 1 N–H and O–H groups in total. The van der Waals surface area contributed by atoms with Gasteiger partial charge in [-0.2, -0.15) is 0 Å². The van der Waals surface area contributed by atoms with Gasteiger partial charge in [-0.05, 0) is 35.7 Å². The Labute approximate surface area is 152 Å². The minimum atomic E-state index is -0.419. The van der Waals surface area contributed by atoms with Gasteiger partial charge in [0.2, 0.25) is 5.91 Å². The van der Waals surface area contributed by atoms with E-state index in [9.17, 15) is 14.4 Å². The molecule has 1 saturated heterocycles. The first-order valence-electron chi connectivity index (χ1n) is 7.65. The molecule has 25 heavy (non-hydrogen) atoms. The van der Waals surface area contributed by atoms with Crippen LogP contribution in [-0.4, -0.2) is 44.6 Å². The van der Waals surface area contributed by atoms with Crippen LogP contribution in [0, 0.1) is 0 Å². The van der Waals surface area contributed by atoms with Crippen LogP contribution >= 0.6 is 23.1 Å². The maximum Gasteiger partial charge on any atom is 0.294 e. The van der Waals surface area contributed by atoms with Gasteiger partial charge < -0.3 is 9.88 Å². The summed E-state index contributed by atoms with van der Waals surface area (Å²) in [7, 11) is 0. The summed E-state index contributed by atoms with van der Waals surface area (Å²) in [5.41, 5.74) is 0. The molecule has 7 nitrogen and oxygen atoms in total. The first-order chi connectivity index (χ1) is 12.1. The first-order valence-corrected chi connectivity index (χ1v) is 9.34. The molecule has 0 unspecified atom stereocenters. The lowest BCUT2D eigenvalue weighted by Gasteiger charge is -2.12. The molecule has 0 aliphatic carbocycles. The lowest BCUT2D eigenvalue weighted by atomic mass is 10.3. The van der Waals surface area contributed by atoms with Gasteiger partial charge in [-0.1, -0.05) is 6.07 Å². The molecule has 0 spiro atoms. The molecule has 2 aromatic heterocycles. The molecule has 9 heteroatoms. The number of aryl methyl sites for hydroxylation is 1. The van der Waals surface area contributed by atoms with Crippen LogP contribution in [0.2, 0.25) is 0 Å². The second kappa shape index (κ2) is 8.13. The number of rotatable bonds is 7. The number of imidazole rings is 1. The van der Waals surface area contributed by atoms with Crippen LogP contribution in [0.4, 0.5) is 4.79 Å². The van der Waals surface area contributed by atoms with E-state index in [0.717, 1.165) is 34.5 Å². The fourth-order valence-corrected chi connectivity index (χ4v) is 3.81. The number of imide groups is 1. The molecule has 2 aromatic rings. The van der Waals surface area contributed by atoms with Gasteiger partial charge >= 0.3 is 0 Å². The van der Waals surface area contributed by atoms with E-state index < -0.39 is 11.1 Å². The van der Waals surface area contributed by atoms with Crippen molar-refractivity contribution in [3.8, 4) is 0 Å². The summed E-state index contributed by atoms with van der Waals surface area (Å²) in [4.78, 5) is 42.4. The third kappa shape index (κ3) is 4.58. The minimum absolute atomic E-state index is 0.252. The lowest BCUT2D eigenvalue weighted by Crippen LogP contribution is -2.39. The number of nitrogens with zero attached hydrogens (tertiary/aromatic N) is 3. The number of nitrogens with one attached hydrogen (secondary N) is 1. The summed E-state index contributed by atoms with van der Waals surface area (Å²) in [5.74, 6) is -0.762. The zero-order valence-corrected chi connectivity index (χ0v) is 14.9. The van der Waals surface area contributed by atoms with Crippen molar-refractivity contribution in [3.63, 3.8) is 0 Å². The third-order valence-corrected chi connectivity index (χ3v) is 5.19. The summed E-state index contributed by atoms with van der Waals surface area (Å²) < 4.78 is 1.91. The van der Waals surface area contributed by atoms with E-state index in [0.29, 0.717) is 11.4 Å². The maximum atomic E-state index is 12.3. The minimum Gasteiger partial charge on any atom is -0.354 e. The van der Waals surface area contributed by atoms with Crippen LogP contribution in [0.3, 0.4) is 0 Å². The fourth-order valence-electron chi connectivity index (χ4n) is 2.25. The molecule has 3 heterocycles. The molecule has 130 valence electrons. The van der Waals surface area contributed by atoms with E-state index in [2.05, 4.69) is 10.3 Å². The number of hydrogen-bond donors (Lipinski definition) is 1. The fraction of sp³-hybridized carbons (Fsp3) is 0.250. The van der Waals surface area contributed by atoms with Gasteiger partial charge in [0.05, 0.1) is 11.2 Å². The highest BCUT2D eigenvalue weighted by atomic mass is 32.2. The Morgan fingerprint density at radius 2 is 2.24 bits per heavy atom. The predicted octanol–water partition coefficient (Wildman–Crippen LogP) is 2.19. The van der Waals surface area contributed by atoms with Crippen molar-refractivity contribution in [3.05, 3.63) is 46.0 Å². The largest absolute Gasteiger partial charge is 0.354 e. The standard InChI is InChI=1S/C16H16N4O3S2/c21-14(18-4-2-6-19-7-5-17-11-19)10-20-15(22)13(25-16(20)23)9-12-3-1-8-24-12/h1,3,5,7-9,11H,2,4,6,10H2,(H,18,21)/b13-9-. The molecule has 0 saturated carbocycles. The van der Waals surface area contributed by atoms with Gasteiger partial charge in [-0.15, -0.1) is 11.3 Å². The van der Waals surface area contributed by atoms with Crippen LogP contribution in [0.15, 0.2) is 41.1 Å². The quantitative estimate of drug-likeness (QED) is 0.591. The second-order valence-corrected chi connectivity index (χ2v) is 7.26. The number of thioether (sulfide) groups is 1. The van der Waals surface area contributed by atoms with Crippen LogP contribution in [0.25, 0.3) is 6.08 Å².